The molecule has 4 nitrogen and oxygen atoms in total. The smallest absolute Gasteiger partial charge is 0.0547 e. The van der Waals surface area contributed by atoms with Crippen LogP contribution in [0.15, 0.2) is 42.7 Å². The number of aryl methyl sites for hydroxylation is 1. The van der Waals surface area contributed by atoms with E-state index in [1.165, 1.54) is 0 Å². The van der Waals surface area contributed by atoms with E-state index in [4.69, 9.17) is 5.73 Å². The van der Waals surface area contributed by atoms with Crippen LogP contribution in [0.25, 0.3) is 0 Å². The second-order valence-corrected chi connectivity index (χ2v) is 5.28. The van der Waals surface area contributed by atoms with Crippen LogP contribution in [0.2, 0.25) is 0 Å². The highest BCUT2D eigenvalue weighted by Gasteiger charge is 2.21. The van der Waals surface area contributed by atoms with Gasteiger partial charge in [0.15, 0.2) is 0 Å². The van der Waals surface area contributed by atoms with Crippen LogP contribution < -0.4 is 5.73 Å². The lowest BCUT2D eigenvalue weighted by Crippen LogP contribution is -2.37. The van der Waals surface area contributed by atoms with Gasteiger partial charge in [0, 0.05) is 30.7 Å². The highest BCUT2D eigenvalue weighted by atomic mass is 15.2. The van der Waals surface area contributed by atoms with E-state index in [1.54, 1.807) is 6.20 Å². The summed E-state index contributed by atoms with van der Waals surface area (Å²) >= 11 is 0. The molecule has 2 atom stereocenters. The van der Waals surface area contributed by atoms with Crippen LogP contribution >= 0.6 is 0 Å². The third-order valence-corrected chi connectivity index (χ3v) is 3.36. The SMILES string of the molecule is Cc1cccc(CN(C)C(c2cccnc2)C(C)N)n1. The van der Waals surface area contributed by atoms with Crippen LogP contribution in [0.5, 0.6) is 0 Å². The molecule has 20 heavy (non-hydrogen) atoms. The minimum absolute atomic E-state index is 0.0222. The Morgan fingerprint density at radius 2 is 2.05 bits per heavy atom. The van der Waals surface area contributed by atoms with Gasteiger partial charge in [-0.15, -0.1) is 0 Å². The molecule has 2 N–H and O–H groups in total. The van der Waals surface area contributed by atoms with Gasteiger partial charge in [0.05, 0.1) is 11.7 Å². The van der Waals surface area contributed by atoms with Gasteiger partial charge in [0.2, 0.25) is 0 Å². The number of nitrogens with zero attached hydrogens (tertiary/aromatic N) is 3. The van der Waals surface area contributed by atoms with Crippen molar-refractivity contribution in [2.75, 3.05) is 7.05 Å². The van der Waals surface area contributed by atoms with Gasteiger partial charge >= 0.3 is 0 Å². The molecule has 4 heteroatoms. The van der Waals surface area contributed by atoms with Crippen molar-refractivity contribution >= 4 is 0 Å². The van der Waals surface area contributed by atoms with Gasteiger partial charge in [-0.3, -0.25) is 14.9 Å². The first-order valence-corrected chi connectivity index (χ1v) is 6.86. The van der Waals surface area contributed by atoms with E-state index in [2.05, 4.69) is 28.0 Å². The van der Waals surface area contributed by atoms with Crippen LogP contribution in [0, 0.1) is 6.92 Å². The van der Waals surface area contributed by atoms with Crippen molar-refractivity contribution in [3.05, 3.63) is 59.7 Å². The molecular formula is C16H22N4. The molecule has 2 unspecified atom stereocenters. The second-order valence-electron chi connectivity index (χ2n) is 5.28. The predicted octanol–water partition coefficient (Wildman–Crippen LogP) is 2.31. The molecule has 0 spiro atoms. The summed E-state index contributed by atoms with van der Waals surface area (Å²) in [5, 5.41) is 0. The fourth-order valence-corrected chi connectivity index (χ4v) is 2.55. The van der Waals surface area contributed by atoms with Crippen molar-refractivity contribution in [3.63, 3.8) is 0 Å². The van der Waals surface area contributed by atoms with Crippen molar-refractivity contribution in [3.8, 4) is 0 Å². The van der Waals surface area contributed by atoms with E-state index in [0.29, 0.717) is 0 Å². The molecule has 0 saturated carbocycles. The van der Waals surface area contributed by atoms with Gasteiger partial charge in [0.1, 0.15) is 0 Å². The number of rotatable bonds is 5. The van der Waals surface area contributed by atoms with E-state index in [1.807, 2.05) is 44.3 Å². The van der Waals surface area contributed by atoms with E-state index >= 15 is 0 Å². The third kappa shape index (κ3) is 3.62. The average molecular weight is 270 g/mol. The van der Waals surface area contributed by atoms with Gasteiger partial charge in [-0.25, -0.2) is 0 Å². The molecule has 0 aliphatic heterocycles. The van der Waals surface area contributed by atoms with Gasteiger partial charge in [-0.05, 0) is 44.7 Å². The minimum Gasteiger partial charge on any atom is -0.326 e. The van der Waals surface area contributed by atoms with E-state index in [9.17, 15) is 0 Å². The summed E-state index contributed by atoms with van der Waals surface area (Å²) in [5.74, 6) is 0. The maximum absolute atomic E-state index is 6.16. The Morgan fingerprint density at radius 1 is 1.25 bits per heavy atom. The Labute approximate surface area is 120 Å². The molecule has 106 valence electrons. The van der Waals surface area contributed by atoms with Gasteiger partial charge in [-0.2, -0.15) is 0 Å². The Kier molecular flexibility index (Phi) is 4.82. The first-order chi connectivity index (χ1) is 9.58. The fourth-order valence-electron chi connectivity index (χ4n) is 2.55. The largest absolute Gasteiger partial charge is 0.326 e. The molecule has 0 aromatic carbocycles. The Morgan fingerprint density at radius 3 is 2.65 bits per heavy atom. The molecule has 0 saturated heterocycles. The zero-order valence-electron chi connectivity index (χ0n) is 12.3. The number of hydrogen-bond donors (Lipinski definition) is 1. The van der Waals surface area contributed by atoms with Crippen LogP contribution in [-0.2, 0) is 6.54 Å². The van der Waals surface area contributed by atoms with Crippen LogP contribution in [0.4, 0.5) is 0 Å². The Hall–Kier alpha value is -1.78. The summed E-state index contributed by atoms with van der Waals surface area (Å²) in [7, 11) is 2.07. The second kappa shape index (κ2) is 6.59. The fraction of sp³-hybridized carbons (Fsp3) is 0.375. The summed E-state index contributed by atoms with van der Waals surface area (Å²) in [6.07, 6.45) is 3.66. The highest BCUT2D eigenvalue weighted by Crippen LogP contribution is 2.22. The maximum Gasteiger partial charge on any atom is 0.0547 e. The number of likely N-dealkylation sites (N-methyl/N-ethyl adjacent to an activating group) is 1. The normalized spacial score (nSPS) is 14.2. The maximum atomic E-state index is 6.16. The molecule has 0 fully saturated rings. The molecule has 2 aromatic rings. The zero-order chi connectivity index (χ0) is 14.5. The molecule has 0 aliphatic carbocycles. The summed E-state index contributed by atoms with van der Waals surface area (Å²) in [6.45, 7) is 4.80. The van der Waals surface area contributed by atoms with Crippen molar-refractivity contribution in [2.24, 2.45) is 5.73 Å². The number of nitrogens with two attached hydrogens (primary N) is 1. The number of hydrogen-bond acceptors (Lipinski definition) is 4. The number of pyridine rings is 2. The first kappa shape index (κ1) is 14.6. The van der Waals surface area contributed by atoms with E-state index in [-0.39, 0.29) is 12.1 Å². The van der Waals surface area contributed by atoms with Crippen molar-refractivity contribution < 1.29 is 0 Å². The molecule has 0 amide bonds. The average Bonchev–Trinajstić information content (AvgIpc) is 2.39. The quantitative estimate of drug-likeness (QED) is 0.906. The van der Waals surface area contributed by atoms with Gasteiger partial charge in [-0.1, -0.05) is 12.1 Å². The topological polar surface area (TPSA) is 55.0 Å². The first-order valence-electron chi connectivity index (χ1n) is 6.86. The molecule has 2 heterocycles. The zero-order valence-corrected chi connectivity index (χ0v) is 12.3. The minimum atomic E-state index is 0.0222. The van der Waals surface area contributed by atoms with Gasteiger partial charge in [0.25, 0.3) is 0 Å². The lowest BCUT2D eigenvalue weighted by molar-refractivity contribution is 0.208. The molecular weight excluding hydrogens is 248 g/mol. The van der Waals surface area contributed by atoms with Crippen molar-refractivity contribution in [2.45, 2.75) is 32.5 Å². The molecule has 0 radical (unpaired) electrons. The Bertz CT molecular complexity index is 539. The standard InChI is InChI=1S/C16H22N4/c1-12-6-4-8-15(19-12)11-20(3)16(13(2)17)14-7-5-9-18-10-14/h4-10,13,16H,11,17H2,1-3H3. The molecule has 0 aliphatic rings. The van der Waals surface area contributed by atoms with Crippen LogP contribution in [0.3, 0.4) is 0 Å². The monoisotopic (exact) mass is 270 g/mol. The van der Waals surface area contributed by atoms with Crippen LogP contribution in [0.1, 0.15) is 29.9 Å². The summed E-state index contributed by atoms with van der Waals surface area (Å²) in [5.41, 5.74) is 9.39. The van der Waals surface area contributed by atoms with E-state index in [0.717, 1.165) is 23.5 Å². The summed E-state index contributed by atoms with van der Waals surface area (Å²) in [6, 6.07) is 10.3. The Balaban J connectivity index is 2.18. The molecule has 2 rings (SSSR count). The summed E-state index contributed by atoms with van der Waals surface area (Å²) < 4.78 is 0. The highest BCUT2D eigenvalue weighted by molar-refractivity contribution is 5.17. The third-order valence-electron chi connectivity index (χ3n) is 3.36. The molecule has 0 bridgehead atoms. The lowest BCUT2D eigenvalue weighted by atomic mass is 10.0. The predicted molar refractivity (Wildman–Crippen MR) is 81.1 cm³/mol. The van der Waals surface area contributed by atoms with Crippen molar-refractivity contribution in [1.29, 1.82) is 0 Å². The van der Waals surface area contributed by atoms with E-state index < -0.39 is 0 Å². The lowest BCUT2D eigenvalue weighted by Gasteiger charge is -2.31. The molecule has 2 aromatic heterocycles. The van der Waals surface area contributed by atoms with Crippen molar-refractivity contribution in [1.82, 2.24) is 14.9 Å². The van der Waals surface area contributed by atoms with Gasteiger partial charge < -0.3 is 5.73 Å². The number of aromatic nitrogens is 2. The van der Waals surface area contributed by atoms with Crippen LogP contribution in [-0.4, -0.2) is 28.0 Å². The summed E-state index contributed by atoms with van der Waals surface area (Å²) in [4.78, 5) is 11.0.